The van der Waals surface area contributed by atoms with E-state index in [4.69, 9.17) is 4.74 Å². The second kappa shape index (κ2) is 11.9. The van der Waals surface area contributed by atoms with Gasteiger partial charge in [0, 0.05) is 51.7 Å². The number of amides is 3. The molecule has 3 aliphatic rings. The first-order valence-corrected chi connectivity index (χ1v) is 12.2. The minimum absolute atomic E-state index is 0.0816. The molecule has 0 aromatic heterocycles. The van der Waals surface area contributed by atoms with E-state index in [-0.39, 0.29) is 11.9 Å². The monoisotopic (exact) mass is 422 g/mol. The number of hydrogen-bond donors (Lipinski definition) is 2. The highest BCUT2D eigenvalue weighted by molar-refractivity contribution is 5.76. The van der Waals surface area contributed by atoms with Gasteiger partial charge in [0.2, 0.25) is 5.91 Å². The maximum absolute atomic E-state index is 12.5. The Hall–Kier alpha value is -1.34. The molecular formula is C23H42N4O3. The lowest BCUT2D eigenvalue weighted by Crippen LogP contribution is -2.48. The summed E-state index contributed by atoms with van der Waals surface area (Å²) in [5.74, 6) is 0.910. The van der Waals surface area contributed by atoms with Crippen molar-refractivity contribution in [2.45, 2.75) is 89.9 Å². The van der Waals surface area contributed by atoms with Gasteiger partial charge >= 0.3 is 6.03 Å². The standard InChI is InChI=1S/C23H42N4O3/c1-18-15-26(16-19(2)30-18)17-20-10-13-27(14-11-20)22(28)9-6-12-24-23(29)25-21-7-4-3-5-8-21/h18-21H,3-17H2,1-2H3,(H2,24,25,29). The molecule has 2 N–H and O–H groups in total. The highest BCUT2D eigenvalue weighted by atomic mass is 16.5. The van der Waals surface area contributed by atoms with E-state index in [1.54, 1.807) is 0 Å². The minimum Gasteiger partial charge on any atom is -0.373 e. The predicted molar refractivity (Wildman–Crippen MR) is 118 cm³/mol. The fourth-order valence-corrected chi connectivity index (χ4v) is 5.25. The molecule has 0 aromatic carbocycles. The van der Waals surface area contributed by atoms with Crippen molar-refractivity contribution in [1.29, 1.82) is 0 Å². The Morgan fingerprint density at radius 3 is 2.30 bits per heavy atom. The van der Waals surface area contributed by atoms with Crippen molar-refractivity contribution >= 4 is 11.9 Å². The van der Waals surface area contributed by atoms with Gasteiger partial charge in [-0.25, -0.2) is 4.79 Å². The molecule has 7 heteroatoms. The number of piperidine rings is 1. The SMILES string of the molecule is CC1CN(CC2CCN(C(=O)CCCNC(=O)NC3CCCCC3)CC2)CC(C)O1. The highest BCUT2D eigenvalue weighted by Crippen LogP contribution is 2.21. The van der Waals surface area contributed by atoms with E-state index in [1.165, 1.54) is 19.3 Å². The van der Waals surface area contributed by atoms with Crippen molar-refractivity contribution < 1.29 is 14.3 Å². The van der Waals surface area contributed by atoms with Crippen LogP contribution in [0.3, 0.4) is 0 Å². The molecule has 0 spiro atoms. The molecule has 2 saturated heterocycles. The van der Waals surface area contributed by atoms with Gasteiger partial charge in [0.15, 0.2) is 0 Å². The van der Waals surface area contributed by atoms with Crippen LogP contribution >= 0.6 is 0 Å². The Balaban J connectivity index is 1.25. The van der Waals surface area contributed by atoms with Crippen molar-refractivity contribution in [3.05, 3.63) is 0 Å². The summed E-state index contributed by atoms with van der Waals surface area (Å²) in [6.07, 6.45) is 9.92. The normalized spacial score (nSPS) is 27.1. The summed E-state index contributed by atoms with van der Waals surface area (Å²) < 4.78 is 5.83. The molecule has 2 unspecified atom stereocenters. The third-order valence-corrected chi connectivity index (χ3v) is 6.77. The van der Waals surface area contributed by atoms with E-state index in [0.29, 0.717) is 43.6 Å². The van der Waals surface area contributed by atoms with E-state index in [2.05, 4.69) is 29.4 Å². The van der Waals surface area contributed by atoms with Gasteiger partial charge in [-0.05, 0) is 51.9 Å². The summed E-state index contributed by atoms with van der Waals surface area (Å²) >= 11 is 0. The number of rotatable bonds is 7. The number of morpholine rings is 1. The Morgan fingerprint density at radius 2 is 1.63 bits per heavy atom. The van der Waals surface area contributed by atoms with E-state index in [1.807, 2.05) is 4.90 Å². The molecule has 0 bridgehead atoms. The first-order chi connectivity index (χ1) is 14.5. The predicted octanol–water partition coefficient (Wildman–Crippen LogP) is 2.75. The zero-order chi connectivity index (χ0) is 21.3. The fraction of sp³-hybridized carbons (Fsp3) is 0.913. The molecule has 2 heterocycles. The van der Waals surface area contributed by atoms with E-state index in [0.717, 1.165) is 58.4 Å². The van der Waals surface area contributed by atoms with Gasteiger partial charge in [0.05, 0.1) is 12.2 Å². The lowest BCUT2D eigenvalue weighted by Gasteiger charge is -2.39. The number of nitrogens with zero attached hydrogens (tertiary/aromatic N) is 2. The van der Waals surface area contributed by atoms with Crippen LogP contribution in [0.4, 0.5) is 4.79 Å². The maximum atomic E-state index is 12.5. The van der Waals surface area contributed by atoms with Crippen molar-refractivity contribution in [2.24, 2.45) is 5.92 Å². The van der Waals surface area contributed by atoms with Gasteiger partial charge in [-0.15, -0.1) is 0 Å². The van der Waals surface area contributed by atoms with Crippen LogP contribution < -0.4 is 10.6 Å². The molecule has 3 rings (SSSR count). The Labute approximate surface area is 182 Å². The molecule has 0 radical (unpaired) electrons. The van der Waals surface area contributed by atoms with Crippen LogP contribution in [0.1, 0.15) is 71.6 Å². The van der Waals surface area contributed by atoms with Crippen LogP contribution in [0.2, 0.25) is 0 Å². The molecular weight excluding hydrogens is 380 g/mol. The molecule has 3 fully saturated rings. The van der Waals surface area contributed by atoms with Crippen LogP contribution in [0.25, 0.3) is 0 Å². The second-order valence-corrected chi connectivity index (χ2v) is 9.64. The third kappa shape index (κ3) is 7.73. The van der Waals surface area contributed by atoms with Crippen LogP contribution in [-0.2, 0) is 9.53 Å². The van der Waals surface area contributed by atoms with E-state index in [9.17, 15) is 9.59 Å². The summed E-state index contributed by atoms with van der Waals surface area (Å²) in [6, 6.07) is 0.243. The number of ether oxygens (including phenoxy) is 1. The summed E-state index contributed by atoms with van der Waals surface area (Å²) in [6.45, 7) is 9.77. The second-order valence-electron chi connectivity index (χ2n) is 9.64. The first kappa shape index (κ1) is 23.3. The third-order valence-electron chi connectivity index (χ3n) is 6.77. The van der Waals surface area contributed by atoms with E-state index >= 15 is 0 Å². The minimum atomic E-state index is -0.0816. The summed E-state index contributed by atoms with van der Waals surface area (Å²) in [5.41, 5.74) is 0. The number of nitrogens with one attached hydrogen (secondary N) is 2. The van der Waals surface area contributed by atoms with Crippen molar-refractivity contribution in [1.82, 2.24) is 20.4 Å². The molecule has 7 nitrogen and oxygen atoms in total. The summed E-state index contributed by atoms with van der Waals surface area (Å²) in [7, 11) is 0. The smallest absolute Gasteiger partial charge is 0.315 e. The average Bonchev–Trinajstić information content (AvgIpc) is 2.71. The Bertz CT molecular complexity index is 535. The lowest BCUT2D eigenvalue weighted by molar-refractivity contribution is -0.132. The van der Waals surface area contributed by atoms with Crippen LogP contribution in [0.15, 0.2) is 0 Å². The molecule has 172 valence electrons. The first-order valence-electron chi connectivity index (χ1n) is 12.2. The van der Waals surface area contributed by atoms with Crippen LogP contribution in [0.5, 0.6) is 0 Å². The zero-order valence-electron chi connectivity index (χ0n) is 19.0. The summed E-state index contributed by atoms with van der Waals surface area (Å²) in [5, 5.41) is 5.97. The summed E-state index contributed by atoms with van der Waals surface area (Å²) in [4.78, 5) is 29.0. The molecule has 30 heavy (non-hydrogen) atoms. The highest BCUT2D eigenvalue weighted by Gasteiger charge is 2.27. The molecule has 2 atom stereocenters. The molecule has 1 aliphatic carbocycles. The maximum Gasteiger partial charge on any atom is 0.315 e. The number of likely N-dealkylation sites (tertiary alicyclic amines) is 1. The topological polar surface area (TPSA) is 73.9 Å². The number of carbonyl (C=O) groups excluding carboxylic acids is 2. The Kier molecular flexibility index (Phi) is 9.25. The quantitative estimate of drug-likeness (QED) is 0.619. The van der Waals surface area contributed by atoms with Gasteiger partial charge < -0.3 is 20.3 Å². The van der Waals surface area contributed by atoms with Gasteiger partial charge in [-0.3, -0.25) is 9.69 Å². The average molecular weight is 423 g/mol. The fourth-order valence-electron chi connectivity index (χ4n) is 5.25. The van der Waals surface area contributed by atoms with Crippen molar-refractivity contribution in [2.75, 3.05) is 39.3 Å². The number of carbonyl (C=O) groups is 2. The van der Waals surface area contributed by atoms with E-state index < -0.39 is 0 Å². The van der Waals surface area contributed by atoms with Crippen molar-refractivity contribution in [3.8, 4) is 0 Å². The molecule has 1 saturated carbocycles. The van der Waals surface area contributed by atoms with Crippen LogP contribution in [-0.4, -0.2) is 79.3 Å². The van der Waals surface area contributed by atoms with Gasteiger partial charge in [0.1, 0.15) is 0 Å². The largest absolute Gasteiger partial charge is 0.373 e. The Morgan fingerprint density at radius 1 is 0.967 bits per heavy atom. The molecule has 2 aliphatic heterocycles. The van der Waals surface area contributed by atoms with Crippen molar-refractivity contribution in [3.63, 3.8) is 0 Å². The molecule has 0 aromatic rings. The van der Waals surface area contributed by atoms with Gasteiger partial charge in [-0.1, -0.05) is 19.3 Å². The van der Waals surface area contributed by atoms with Gasteiger partial charge in [-0.2, -0.15) is 0 Å². The molecule has 3 amide bonds. The van der Waals surface area contributed by atoms with Gasteiger partial charge in [0.25, 0.3) is 0 Å². The number of urea groups is 1. The zero-order valence-corrected chi connectivity index (χ0v) is 19.0. The van der Waals surface area contributed by atoms with Crippen LogP contribution in [0, 0.1) is 5.92 Å². The lowest BCUT2D eigenvalue weighted by atomic mass is 9.95. The number of hydrogen-bond acceptors (Lipinski definition) is 4.